The maximum atomic E-state index is 4.29. The van der Waals surface area contributed by atoms with Gasteiger partial charge in [0.2, 0.25) is 0 Å². The Hall–Kier alpha value is -1.35. The molecule has 0 saturated heterocycles. The summed E-state index contributed by atoms with van der Waals surface area (Å²) in [6, 6.07) is 6.68. The molecule has 2 nitrogen and oxygen atoms in total. The van der Waals surface area contributed by atoms with E-state index in [2.05, 4.69) is 42.3 Å². The molecule has 1 aromatic heterocycles. The van der Waals surface area contributed by atoms with Gasteiger partial charge in [-0.15, -0.1) is 11.3 Å². The molecule has 0 aliphatic rings. The fourth-order valence-electron chi connectivity index (χ4n) is 1.92. The van der Waals surface area contributed by atoms with Gasteiger partial charge in [-0.1, -0.05) is 23.8 Å². The number of hydrogen-bond acceptors (Lipinski definition) is 3. The molecule has 3 heteroatoms. The molecule has 0 radical (unpaired) electrons. The van der Waals surface area contributed by atoms with Crippen molar-refractivity contribution in [2.45, 2.75) is 26.7 Å². The molecule has 1 heterocycles. The average molecular weight is 246 g/mol. The molecule has 0 aliphatic heterocycles. The van der Waals surface area contributed by atoms with Crippen molar-refractivity contribution < 1.29 is 0 Å². The van der Waals surface area contributed by atoms with Crippen molar-refractivity contribution in [1.29, 1.82) is 0 Å². The second-order valence-electron chi connectivity index (χ2n) is 4.31. The van der Waals surface area contributed by atoms with E-state index < -0.39 is 0 Å². The number of benzene rings is 1. The summed E-state index contributed by atoms with van der Waals surface area (Å²) in [5.74, 6) is 0. The van der Waals surface area contributed by atoms with Gasteiger partial charge >= 0.3 is 0 Å². The summed E-state index contributed by atoms with van der Waals surface area (Å²) in [5.41, 5.74) is 4.17. The second kappa shape index (κ2) is 5.32. The Morgan fingerprint density at radius 3 is 2.71 bits per heavy atom. The normalized spacial score (nSPS) is 10.5. The van der Waals surface area contributed by atoms with Gasteiger partial charge in [0.1, 0.15) is 0 Å². The van der Waals surface area contributed by atoms with Crippen LogP contribution < -0.4 is 5.32 Å². The SMILES string of the molecule is CNc1ncc(CCc2ccc(C)cc2C)s1. The van der Waals surface area contributed by atoms with Gasteiger partial charge in [0.25, 0.3) is 0 Å². The predicted octanol–water partition coefficient (Wildman–Crippen LogP) is 3.59. The number of aryl methyl sites for hydroxylation is 4. The smallest absolute Gasteiger partial charge is 0.182 e. The summed E-state index contributed by atoms with van der Waals surface area (Å²) >= 11 is 1.74. The number of aromatic nitrogens is 1. The van der Waals surface area contributed by atoms with E-state index in [1.165, 1.54) is 21.6 Å². The molecular weight excluding hydrogens is 228 g/mol. The first-order valence-corrected chi connectivity index (χ1v) is 6.69. The van der Waals surface area contributed by atoms with Crippen LogP contribution in [0.2, 0.25) is 0 Å². The van der Waals surface area contributed by atoms with Gasteiger partial charge in [-0.05, 0) is 37.8 Å². The summed E-state index contributed by atoms with van der Waals surface area (Å²) < 4.78 is 0. The molecule has 0 saturated carbocycles. The van der Waals surface area contributed by atoms with Crippen LogP contribution in [0, 0.1) is 13.8 Å². The first-order valence-electron chi connectivity index (χ1n) is 5.87. The highest BCUT2D eigenvalue weighted by molar-refractivity contribution is 7.15. The molecule has 17 heavy (non-hydrogen) atoms. The van der Waals surface area contributed by atoms with E-state index in [4.69, 9.17) is 0 Å². The van der Waals surface area contributed by atoms with Gasteiger partial charge in [0.05, 0.1) is 0 Å². The highest BCUT2D eigenvalue weighted by Gasteiger charge is 2.03. The van der Waals surface area contributed by atoms with Crippen molar-refractivity contribution in [1.82, 2.24) is 4.98 Å². The summed E-state index contributed by atoms with van der Waals surface area (Å²) in [6.07, 6.45) is 4.14. The van der Waals surface area contributed by atoms with Crippen molar-refractivity contribution in [2.75, 3.05) is 12.4 Å². The lowest BCUT2D eigenvalue weighted by molar-refractivity contribution is 0.962. The van der Waals surface area contributed by atoms with E-state index in [0.717, 1.165) is 18.0 Å². The fourth-order valence-corrected chi connectivity index (χ4v) is 2.69. The summed E-state index contributed by atoms with van der Waals surface area (Å²) in [7, 11) is 1.91. The maximum absolute atomic E-state index is 4.29. The van der Waals surface area contributed by atoms with Crippen molar-refractivity contribution >= 4 is 16.5 Å². The number of nitrogens with one attached hydrogen (secondary N) is 1. The first-order chi connectivity index (χ1) is 8.19. The van der Waals surface area contributed by atoms with Crippen LogP contribution in [0.25, 0.3) is 0 Å². The number of thiazole rings is 1. The highest BCUT2D eigenvalue weighted by Crippen LogP contribution is 2.20. The van der Waals surface area contributed by atoms with Crippen molar-refractivity contribution in [3.63, 3.8) is 0 Å². The Kier molecular flexibility index (Phi) is 3.79. The molecule has 0 atom stereocenters. The van der Waals surface area contributed by atoms with E-state index in [9.17, 15) is 0 Å². The van der Waals surface area contributed by atoms with E-state index in [1.807, 2.05) is 13.2 Å². The number of hydrogen-bond donors (Lipinski definition) is 1. The van der Waals surface area contributed by atoms with Gasteiger partial charge in [0.15, 0.2) is 5.13 Å². The van der Waals surface area contributed by atoms with Crippen LogP contribution in [-0.4, -0.2) is 12.0 Å². The minimum atomic E-state index is 1.00. The summed E-state index contributed by atoms with van der Waals surface area (Å²) in [4.78, 5) is 5.63. The van der Waals surface area contributed by atoms with Crippen LogP contribution in [0.1, 0.15) is 21.6 Å². The number of rotatable bonds is 4. The molecule has 0 unspecified atom stereocenters. The van der Waals surface area contributed by atoms with Gasteiger partial charge in [0, 0.05) is 18.1 Å². The zero-order valence-corrected chi connectivity index (χ0v) is 11.4. The molecule has 1 aromatic carbocycles. The van der Waals surface area contributed by atoms with Crippen molar-refractivity contribution in [3.05, 3.63) is 46.0 Å². The number of anilines is 1. The Morgan fingerprint density at radius 1 is 1.24 bits per heavy atom. The Balaban J connectivity index is 2.02. The minimum Gasteiger partial charge on any atom is -0.365 e. The lowest BCUT2D eigenvalue weighted by Gasteiger charge is -2.05. The highest BCUT2D eigenvalue weighted by atomic mass is 32.1. The lowest BCUT2D eigenvalue weighted by atomic mass is 10.0. The van der Waals surface area contributed by atoms with Crippen molar-refractivity contribution in [2.24, 2.45) is 0 Å². The molecule has 0 aliphatic carbocycles. The standard InChI is InChI=1S/C14H18N2S/c1-10-4-5-12(11(2)8-10)6-7-13-9-16-14(15-3)17-13/h4-5,8-9H,6-7H2,1-3H3,(H,15,16). The zero-order chi connectivity index (χ0) is 12.3. The number of nitrogens with zero attached hydrogens (tertiary/aromatic N) is 1. The van der Waals surface area contributed by atoms with Crippen LogP contribution >= 0.6 is 11.3 Å². The molecule has 0 bridgehead atoms. The molecule has 90 valence electrons. The third-order valence-corrected chi connectivity index (χ3v) is 3.98. The predicted molar refractivity (Wildman–Crippen MR) is 75.0 cm³/mol. The molecule has 2 aromatic rings. The Morgan fingerprint density at radius 2 is 2.06 bits per heavy atom. The average Bonchev–Trinajstić information content (AvgIpc) is 2.76. The molecule has 0 spiro atoms. The fraction of sp³-hybridized carbons (Fsp3) is 0.357. The van der Waals surface area contributed by atoms with Crippen molar-refractivity contribution in [3.8, 4) is 0 Å². The van der Waals surface area contributed by atoms with Crippen LogP contribution in [0.4, 0.5) is 5.13 Å². The third-order valence-electron chi connectivity index (χ3n) is 2.91. The summed E-state index contributed by atoms with van der Waals surface area (Å²) in [6.45, 7) is 4.33. The van der Waals surface area contributed by atoms with Crippen LogP contribution in [0.15, 0.2) is 24.4 Å². The maximum Gasteiger partial charge on any atom is 0.182 e. The van der Waals surface area contributed by atoms with Gasteiger partial charge in [-0.25, -0.2) is 4.98 Å². The minimum absolute atomic E-state index is 1.00. The van der Waals surface area contributed by atoms with Gasteiger partial charge in [-0.2, -0.15) is 0 Å². The molecular formula is C14H18N2S. The van der Waals surface area contributed by atoms with E-state index in [0.29, 0.717) is 0 Å². The van der Waals surface area contributed by atoms with Crippen LogP contribution in [0.3, 0.4) is 0 Å². The lowest BCUT2D eigenvalue weighted by Crippen LogP contribution is -1.93. The third kappa shape index (κ3) is 3.07. The molecule has 1 N–H and O–H groups in total. The zero-order valence-electron chi connectivity index (χ0n) is 10.6. The monoisotopic (exact) mass is 246 g/mol. The first kappa shape index (κ1) is 12.1. The topological polar surface area (TPSA) is 24.9 Å². The van der Waals surface area contributed by atoms with Crippen LogP contribution in [-0.2, 0) is 12.8 Å². The van der Waals surface area contributed by atoms with E-state index in [1.54, 1.807) is 11.3 Å². The Bertz CT molecular complexity index is 503. The van der Waals surface area contributed by atoms with Crippen LogP contribution in [0.5, 0.6) is 0 Å². The molecule has 0 fully saturated rings. The largest absolute Gasteiger partial charge is 0.365 e. The molecule has 0 amide bonds. The second-order valence-corrected chi connectivity index (χ2v) is 5.43. The Labute approximate surface area is 107 Å². The molecule has 2 rings (SSSR count). The summed E-state index contributed by atoms with van der Waals surface area (Å²) in [5, 5.41) is 4.07. The van der Waals surface area contributed by atoms with Gasteiger partial charge < -0.3 is 5.32 Å². The van der Waals surface area contributed by atoms with E-state index in [-0.39, 0.29) is 0 Å². The quantitative estimate of drug-likeness (QED) is 0.891. The van der Waals surface area contributed by atoms with E-state index >= 15 is 0 Å². The van der Waals surface area contributed by atoms with Gasteiger partial charge in [-0.3, -0.25) is 0 Å².